The maximum absolute atomic E-state index is 10.3. The Balaban J connectivity index is 2.04. The second-order valence-corrected chi connectivity index (χ2v) is 5.25. The third kappa shape index (κ3) is 2.15. The van der Waals surface area contributed by atoms with Crippen LogP contribution >= 0.6 is 0 Å². The van der Waals surface area contributed by atoms with Crippen molar-refractivity contribution in [2.24, 2.45) is 5.73 Å². The molecule has 1 unspecified atom stereocenters. The molecule has 3 heterocycles. The molecule has 0 amide bonds. The molecule has 1 aliphatic heterocycles. The minimum atomic E-state index is -0.778. The van der Waals surface area contributed by atoms with Gasteiger partial charge in [0.1, 0.15) is 5.52 Å². The first-order chi connectivity index (χ1) is 9.11. The molecule has 2 aromatic rings. The fourth-order valence-corrected chi connectivity index (χ4v) is 2.59. The average Bonchev–Trinajstić information content (AvgIpc) is 2.81. The van der Waals surface area contributed by atoms with Crippen LogP contribution in [0.4, 0.5) is 5.69 Å². The van der Waals surface area contributed by atoms with E-state index in [0.717, 1.165) is 29.0 Å². The molecule has 2 aromatic heterocycles. The number of nitrogens with two attached hydrogens (primary N) is 1. The Morgan fingerprint density at radius 3 is 3.00 bits per heavy atom. The lowest BCUT2D eigenvalue weighted by Gasteiger charge is -2.23. The summed E-state index contributed by atoms with van der Waals surface area (Å²) in [5.41, 5.74) is 8.63. The molecule has 0 aliphatic carbocycles. The van der Waals surface area contributed by atoms with E-state index >= 15 is 0 Å². The number of aliphatic hydroxyl groups is 1. The van der Waals surface area contributed by atoms with Crippen molar-refractivity contribution in [2.45, 2.75) is 18.9 Å². The first-order valence-electron chi connectivity index (χ1n) is 6.51. The average molecular weight is 258 g/mol. The van der Waals surface area contributed by atoms with Gasteiger partial charge in [-0.05, 0) is 31.5 Å². The molecule has 0 saturated carbocycles. The van der Waals surface area contributed by atoms with E-state index in [1.807, 2.05) is 25.1 Å². The zero-order chi connectivity index (χ0) is 13.5. The van der Waals surface area contributed by atoms with Crippen molar-refractivity contribution in [3.05, 3.63) is 30.1 Å². The van der Waals surface area contributed by atoms with Gasteiger partial charge in [0.25, 0.3) is 0 Å². The Morgan fingerprint density at radius 1 is 1.42 bits per heavy atom. The molecule has 0 spiro atoms. The van der Waals surface area contributed by atoms with E-state index in [1.54, 1.807) is 6.20 Å². The van der Waals surface area contributed by atoms with Crippen LogP contribution in [0.25, 0.3) is 11.0 Å². The van der Waals surface area contributed by atoms with Gasteiger partial charge in [0.15, 0.2) is 0 Å². The molecular formula is C14H18N4O. The van der Waals surface area contributed by atoms with Crippen LogP contribution < -0.4 is 10.6 Å². The van der Waals surface area contributed by atoms with E-state index in [0.29, 0.717) is 19.5 Å². The molecule has 0 bridgehead atoms. The second-order valence-electron chi connectivity index (χ2n) is 5.25. The molecule has 100 valence electrons. The summed E-state index contributed by atoms with van der Waals surface area (Å²) in [6.45, 7) is 3.61. The maximum Gasteiger partial charge on any atom is 0.112 e. The third-order valence-corrected chi connectivity index (χ3v) is 3.75. The van der Waals surface area contributed by atoms with E-state index in [2.05, 4.69) is 14.9 Å². The van der Waals surface area contributed by atoms with Gasteiger partial charge in [0.05, 0.1) is 16.8 Å². The summed E-state index contributed by atoms with van der Waals surface area (Å²) in [6.07, 6.45) is 2.48. The lowest BCUT2D eigenvalue weighted by Crippen LogP contribution is -2.40. The Hall–Kier alpha value is -1.72. The van der Waals surface area contributed by atoms with Crippen LogP contribution in [0.15, 0.2) is 24.4 Å². The summed E-state index contributed by atoms with van der Waals surface area (Å²) in [7, 11) is 0. The SMILES string of the molecule is Cc1ccc2nccc(N3CCC(O)(CN)C3)c2n1. The largest absolute Gasteiger partial charge is 0.387 e. The van der Waals surface area contributed by atoms with Crippen molar-refractivity contribution in [1.82, 2.24) is 9.97 Å². The number of pyridine rings is 2. The van der Waals surface area contributed by atoms with Gasteiger partial charge < -0.3 is 15.7 Å². The zero-order valence-electron chi connectivity index (χ0n) is 11.0. The Morgan fingerprint density at radius 2 is 2.26 bits per heavy atom. The highest BCUT2D eigenvalue weighted by molar-refractivity contribution is 5.88. The Kier molecular flexibility index (Phi) is 2.88. The van der Waals surface area contributed by atoms with Gasteiger partial charge in [0.2, 0.25) is 0 Å². The van der Waals surface area contributed by atoms with Gasteiger partial charge in [-0.25, -0.2) is 4.98 Å². The molecule has 5 heteroatoms. The number of aromatic nitrogens is 2. The second kappa shape index (κ2) is 4.43. The zero-order valence-corrected chi connectivity index (χ0v) is 11.0. The topological polar surface area (TPSA) is 75.3 Å². The maximum atomic E-state index is 10.3. The molecule has 1 aliphatic rings. The summed E-state index contributed by atoms with van der Waals surface area (Å²) >= 11 is 0. The van der Waals surface area contributed by atoms with Crippen LogP contribution in [0.5, 0.6) is 0 Å². The summed E-state index contributed by atoms with van der Waals surface area (Å²) < 4.78 is 0. The van der Waals surface area contributed by atoms with Crippen molar-refractivity contribution in [1.29, 1.82) is 0 Å². The summed E-state index contributed by atoms with van der Waals surface area (Å²) in [6, 6.07) is 5.89. The number of hydrogen-bond acceptors (Lipinski definition) is 5. The van der Waals surface area contributed by atoms with Gasteiger partial charge in [-0.15, -0.1) is 0 Å². The highest BCUT2D eigenvalue weighted by Crippen LogP contribution is 2.30. The standard InChI is InChI=1S/C14H18N4O/c1-10-2-3-11-13(17-10)12(4-6-16-11)18-7-5-14(19,8-15)9-18/h2-4,6,19H,5,7-9,15H2,1H3. The van der Waals surface area contributed by atoms with Crippen LogP contribution in [-0.4, -0.2) is 40.3 Å². The number of hydrogen-bond donors (Lipinski definition) is 2. The molecule has 1 fully saturated rings. The predicted molar refractivity (Wildman–Crippen MR) is 75.1 cm³/mol. The van der Waals surface area contributed by atoms with E-state index in [1.165, 1.54) is 0 Å². The fraction of sp³-hybridized carbons (Fsp3) is 0.429. The van der Waals surface area contributed by atoms with Crippen LogP contribution in [0.2, 0.25) is 0 Å². The fourth-order valence-electron chi connectivity index (χ4n) is 2.59. The molecule has 0 aromatic carbocycles. The normalized spacial score (nSPS) is 23.2. The van der Waals surface area contributed by atoms with Gasteiger partial charge in [-0.2, -0.15) is 0 Å². The number of rotatable bonds is 2. The van der Waals surface area contributed by atoms with Gasteiger partial charge >= 0.3 is 0 Å². The van der Waals surface area contributed by atoms with Gasteiger partial charge in [-0.1, -0.05) is 0 Å². The van der Waals surface area contributed by atoms with E-state index < -0.39 is 5.60 Å². The molecule has 1 saturated heterocycles. The Bertz CT molecular complexity index is 615. The highest BCUT2D eigenvalue weighted by atomic mass is 16.3. The van der Waals surface area contributed by atoms with E-state index in [9.17, 15) is 5.11 Å². The Labute approximate surface area is 112 Å². The van der Waals surface area contributed by atoms with Crippen LogP contribution in [0.1, 0.15) is 12.1 Å². The van der Waals surface area contributed by atoms with E-state index in [-0.39, 0.29) is 0 Å². The van der Waals surface area contributed by atoms with Crippen molar-refractivity contribution < 1.29 is 5.11 Å². The minimum Gasteiger partial charge on any atom is -0.387 e. The first kappa shape index (κ1) is 12.3. The van der Waals surface area contributed by atoms with Crippen molar-refractivity contribution >= 4 is 16.7 Å². The molecule has 3 rings (SSSR count). The summed E-state index contributed by atoms with van der Waals surface area (Å²) in [5.74, 6) is 0. The number of β-amino-alcohol motifs (C(OH)–C–C–N with tert-alkyl or cyclic N) is 1. The molecular weight excluding hydrogens is 240 g/mol. The number of fused-ring (bicyclic) bond motifs is 1. The number of anilines is 1. The molecule has 1 atom stereocenters. The van der Waals surface area contributed by atoms with Crippen molar-refractivity contribution in [3.8, 4) is 0 Å². The van der Waals surface area contributed by atoms with Crippen LogP contribution in [-0.2, 0) is 0 Å². The third-order valence-electron chi connectivity index (χ3n) is 3.75. The minimum absolute atomic E-state index is 0.291. The van der Waals surface area contributed by atoms with Crippen molar-refractivity contribution in [2.75, 3.05) is 24.5 Å². The monoisotopic (exact) mass is 258 g/mol. The highest BCUT2D eigenvalue weighted by Gasteiger charge is 2.35. The molecule has 3 N–H and O–H groups in total. The van der Waals surface area contributed by atoms with Gasteiger partial charge in [0, 0.05) is 31.5 Å². The van der Waals surface area contributed by atoms with E-state index in [4.69, 9.17) is 5.73 Å². The predicted octanol–water partition coefficient (Wildman–Crippen LogP) is 0.838. The van der Waals surface area contributed by atoms with Gasteiger partial charge in [-0.3, -0.25) is 4.98 Å². The number of nitrogens with zero attached hydrogens (tertiary/aromatic N) is 3. The quantitative estimate of drug-likeness (QED) is 0.835. The summed E-state index contributed by atoms with van der Waals surface area (Å²) in [5, 5.41) is 10.3. The van der Waals surface area contributed by atoms with Crippen molar-refractivity contribution in [3.63, 3.8) is 0 Å². The molecule has 19 heavy (non-hydrogen) atoms. The molecule has 5 nitrogen and oxygen atoms in total. The lowest BCUT2D eigenvalue weighted by molar-refractivity contribution is 0.0726. The van der Waals surface area contributed by atoms with Crippen LogP contribution in [0.3, 0.4) is 0 Å². The number of aryl methyl sites for hydroxylation is 1. The first-order valence-corrected chi connectivity index (χ1v) is 6.51. The lowest BCUT2D eigenvalue weighted by atomic mass is 10.0. The molecule has 0 radical (unpaired) electrons. The summed E-state index contributed by atoms with van der Waals surface area (Å²) in [4.78, 5) is 11.1. The van der Waals surface area contributed by atoms with Crippen LogP contribution in [0, 0.1) is 6.92 Å². The smallest absolute Gasteiger partial charge is 0.112 e.